The highest BCUT2D eigenvalue weighted by Gasteiger charge is 2.22. The fourth-order valence-electron chi connectivity index (χ4n) is 2.19. The molecule has 0 aliphatic heterocycles. The highest BCUT2D eigenvalue weighted by molar-refractivity contribution is 8.00. The Hall–Kier alpha value is -2.55. The molecular weight excluding hydrogens is 342 g/mol. The number of hydrogen-bond donors (Lipinski definition) is 2. The maximum absolute atomic E-state index is 11.9. The largest absolute Gasteiger partial charge is 0.497 e. The minimum atomic E-state index is -0.873. The van der Waals surface area contributed by atoms with Gasteiger partial charge in [0.15, 0.2) is 11.0 Å². The van der Waals surface area contributed by atoms with Crippen molar-refractivity contribution in [3.05, 3.63) is 24.3 Å². The summed E-state index contributed by atoms with van der Waals surface area (Å²) in [5, 5.41) is 10.6. The van der Waals surface area contributed by atoms with Crippen LogP contribution in [0.25, 0.3) is 11.4 Å². The number of nitrogens with zero attached hydrogens (tertiary/aromatic N) is 3. The van der Waals surface area contributed by atoms with E-state index in [0.29, 0.717) is 11.0 Å². The molecule has 0 spiro atoms. The van der Waals surface area contributed by atoms with Crippen molar-refractivity contribution >= 4 is 23.7 Å². The summed E-state index contributed by atoms with van der Waals surface area (Å²) in [4.78, 5) is 22.7. The number of ether oxygens (including phenoxy) is 1. The normalized spacial score (nSPS) is 12.0. The Labute approximate surface area is 150 Å². The second-order valence-corrected chi connectivity index (χ2v) is 6.92. The molecule has 3 amide bonds. The van der Waals surface area contributed by atoms with E-state index in [1.807, 2.05) is 42.7 Å². The topological polar surface area (TPSA) is 112 Å². The zero-order chi connectivity index (χ0) is 18.6. The van der Waals surface area contributed by atoms with Crippen LogP contribution >= 0.6 is 11.8 Å². The molecule has 1 aromatic heterocycles. The molecule has 1 atom stereocenters. The zero-order valence-electron chi connectivity index (χ0n) is 14.5. The van der Waals surface area contributed by atoms with Crippen molar-refractivity contribution in [2.24, 2.45) is 5.73 Å². The van der Waals surface area contributed by atoms with E-state index in [-0.39, 0.29) is 6.04 Å². The van der Waals surface area contributed by atoms with Gasteiger partial charge < -0.3 is 10.5 Å². The number of nitrogens with two attached hydrogens (primary N) is 1. The second kappa shape index (κ2) is 8.02. The van der Waals surface area contributed by atoms with Crippen LogP contribution in [0.4, 0.5) is 4.79 Å². The van der Waals surface area contributed by atoms with Gasteiger partial charge in [-0.15, -0.1) is 10.2 Å². The number of hydrogen-bond acceptors (Lipinski definition) is 6. The van der Waals surface area contributed by atoms with Gasteiger partial charge in [0.2, 0.25) is 5.91 Å². The monoisotopic (exact) mass is 363 g/mol. The third-order valence-electron chi connectivity index (χ3n) is 3.43. The molecule has 25 heavy (non-hydrogen) atoms. The van der Waals surface area contributed by atoms with E-state index >= 15 is 0 Å². The first-order valence-corrected chi connectivity index (χ1v) is 8.57. The number of urea groups is 1. The van der Waals surface area contributed by atoms with Gasteiger partial charge in [0.05, 0.1) is 12.4 Å². The summed E-state index contributed by atoms with van der Waals surface area (Å²) in [6.45, 7) is 5.69. The van der Waals surface area contributed by atoms with Crippen LogP contribution in [0.1, 0.15) is 26.8 Å². The SMILES string of the molecule is COc1ccc(-c2nnc(SC(C)C(=O)NC(N)=O)n2C(C)C)cc1. The van der Waals surface area contributed by atoms with Gasteiger partial charge in [0.25, 0.3) is 0 Å². The van der Waals surface area contributed by atoms with Crippen LogP contribution in [0.3, 0.4) is 0 Å². The third-order valence-corrected chi connectivity index (χ3v) is 4.48. The average molecular weight is 363 g/mol. The van der Waals surface area contributed by atoms with Crippen molar-refractivity contribution < 1.29 is 14.3 Å². The lowest BCUT2D eigenvalue weighted by Crippen LogP contribution is -2.39. The molecule has 0 bridgehead atoms. The molecular formula is C16H21N5O3S. The van der Waals surface area contributed by atoms with Crippen LogP contribution in [-0.4, -0.2) is 39.1 Å². The van der Waals surface area contributed by atoms with Crippen LogP contribution in [-0.2, 0) is 4.79 Å². The lowest BCUT2D eigenvalue weighted by molar-refractivity contribution is -0.119. The molecule has 1 aromatic carbocycles. The number of thioether (sulfide) groups is 1. The Balaban J connectivity index is 2.29. The van der Waals surface area contributed by atoms with Crippen molar-refractivity contribution in [1.29, 1.82) is 0 Å². The summed E-state index contributed by atoms with van der Waals surface area (Å²) in [5.74, 6) is 0.982. The van der Waals surface area contributed by atoms with E-state index in [9.17, 15) is 9.59 Å². The summed E-state index contributed by atoms with van der Waals surface area (Å²) in [7, 11) is 1.61. The van der Waals surface area contributed by atoms with Crippen LogP contribution in [0.15, 0.2) is 29.4 Å². The van der Waals surface area contributed by atoms with Gasteiger partial charge in [0.1, 0.15) is 5.75 Å². The fourth-order valence-corrected chi connectivity index (χ4v) is 3.18. The lowest BCUT2D eigenvalue weighted by atomic mass is 10.2. The van der Waals surface area contributed by atoms with Gasteiger partial charge in [-0.05, 0) is 45.0 Å². The molecule has 134 valence electrons. The van der Waals surface area contributed by atoms with Crippen LogP contribution in [0, 0.1) is 0 Å². The number of imide groups is 1. The van der Waals surface area contributed by atoms with Crippen molar-refractivity contribution in [2.75, 3.05) is 7.11 Å². The molecule has 8 nitrogen and oxygen atoms in total. The maximum Gasteiger partial charge on any atom is 0.318 e. The first kappa shape index (κ1) is 18.8. The van der Waals surface area contributed by atoms with E-state index in [0.717, 1.165) is 11.3 Å². The highest BCUT2D eigenvalue weighted by atomic mass is 32.2. The minimum Gasteiger partial charge on any atom is -0.497 e. The molecule has 0 radical (unpaired) electrons. The first-order chi connectivity index (χ1) is 11.8. The van der Waals surface area contributed by atoms with Crippen LogP contribution in [0.5, 0.6) is 5.75 Å². The molecule has 2 rings (SSSR count). The summed E-state index contributed by atoms with van der Waals surface area (Å²) in [5.41, 5.74) is 5.87. The van der Waals surface area contributed by atoms with E-state index in [2.05, 4.69) is 15.5 Å². The maximum atomic E-state index is 11.9. The summed E-state index contributed by atoms with van der Waals surface area (Å²) < 4.78 is 7.11. The Morgan fingerprint density at radius 3 is 2.36 bits per heavy atom. The smallest absolute Gasteiger partial charge is 0.318 e. The number of carbonyl (C=O) groups excluding carboxylic acids is 2. The van der Waals surface area contributed by atoms with Gasteiger partial charge in [-0.25, -0.2) is 4.79 Å². The van der Waals surface area contributed by atoms with Gasteiger partial charge in [-0.2, -0.15) is 0 Å². The number of methoxy groups -OCH3 is 1. The molecule has 9 heteroatoms. The number of carbonyl (C=O) groups is 2. The predicted molar refractivity (Wildman–Crippen MR) is 95.4 cm³/mol. The summed E-state index contributed by atoms with van der Waals surface area (Å²) in [6, 6.07) is 6.72. The Morgan fingerprint density at radius 2 is 1.84 bits per heavy atom. The third kappa shape index (κ3) is 4.50. The molecule has 1 heterocycles. The zero-order valence-corrected chi connectivity index (χ0v) is 15.3. The Morgan fingerprint density at radius 1 is 1.20 bits per heavy atom. The summed E-state index contributed by atoms with van der Waals surface area (Å²) in [6.07, 6.45) is 0. The molecule has 0 fully saturated rings. The van der Waals surface area contributed by atoms with Crippen molar-refractivity contribution in [3.63, 3.8) is 0 Å². The molecule has 2 aromatic rings. The number of benzene rings is 1. The number of rotatable bonds is 6. The second-order valence-electron chi connectivity index (χ2n) is 5.61. The first-order valence-electron chi connectivity index (χ1n) is 7.69. The van der Waals surface area contributed by atoms with Gasteiger partial charge in [-0.3, -0.25) is 14.7 Å². The van der Waals surface area contributed by atoms with E-state index in [1.54, 1.807) is 14.0 Å². The van der Waals surface area contributed by atoms with E-state index < -0.39 is 17.2 Å². The standard InChI is InChI=1S/C16H21N5O3S/c1-9(2)21-13(11-5-7-12(24-4)8-6-11)19-20-16(21)25-10(3)14(22)18-15(17)23/h5-10H,1-4H3,(H3,17,18,22,23). The van der Waals surface area contributed by atoms with Gasteiger partial charge >= 0.3 is 6.03 Å². The minimum absolute atomic E-state index is 0.0843. The Kier molecular flexibility index (Phi) is 6.02. The molecule has 0 saturated heterocycles. The predicted octanol–water partition coefficient (Wildman–Crippen LogP) is 2.21. The average Bonchev–Trinajstić information content (AvgIpc) is 2.98. The van der Waals surface area contributed by atoms with Crippen molar-refractivity contribution in [2.45, 2.75) is 37.2 Å². The lowest BCUT2D eigenvalue weighted by Gasteiger charge is -2.15. The summed E-state index contributed by atoms with van der Waals surface area (Å²) >= 11 is 1.22. The fraction of sp³-hybridized carbons (Fsp3) is 0.375. The molecule has 1 unspecified atom stereocenters. The van der Waals surface area contributed by atoms with Crippen LogP contribution < -0.4 is 15.8 Å². The highest BCUT2D eigenvalue weighted by Crippen LogP contribution is 2.30. The quantitative estimate of drug-likeness (QED) is 0.761. The molecule has 0 aliphatic carbocycles. The van der Waals surface area contributed by atoms with Crippen molar-refractivity contribution in [1.82, 2.24) is 20.1 Å². The van der Waals surface area contributed by atoms with Crippen LogP contribution in [0.2, 0.25) is 0 Å². The number of nitrogens with one attached hydrogen (secondary N) is 1. The molecule has 0 aliphatic rings. The number of primary amides is 1. The number of aromatic nitrogens is 3. The van der Waals surface area contributed by atoms with E-state index in [1.165, 1.54) is 11.8 Å². The molecule has 3 N–H and O–H groups in total. The van der Waals surface area contributed by atoms with Gasteiger partial charge in [0, 0.05) is 11.6 Å². The van der Waals surface area contributed by atoms with E-state index in [4.69, 9.17) is 10.5 Å². The van der Waals surface area contributed by atoms with Gasteiger partial charge in [-0.1, -0.05) is 11.8 Å². The molecule has 0 saturated carbocycles. The van der Waals surface area contributed by atoms with Crippen molar-refractivity contribution in [3.8, 4) is 17.1 Å². The number of amides is 3. The Bertz CT molecular complexity index is 758.